The molecule has 0 aliphatic carbocycles. The second kappa shape index (κ2) is 5.53. The van der Waals surface area contributed by atoms with E-state index < -0.39 is 0 Å². The Morgan fingerprint density at radius 1 is 0.944 bits per heavy atom. The minimum absolute atomic E-state index is 0. The van der Waals surface area contributed by atoms with Crippen LogP contribution in [-0.4, -0.2) is 3.96 Å². The predicted molar refractivity (Wildman–Crippen MR) is 71.6 cm³/mol. The van der Waals surface area contributed by atoms with Crippen molar-refractivity contribution in [3.63, 3.8) is 0 Å². The molecule has 0 spiro atoms. The first-order chi connectivity index (χ1) is 8.34. The fourth-order valence-corrected chi connectivity index (χ4v) is 2.90. The zero-order valence-corrected chi connectivity index (χ0v) is 11.2. The smallest absolute Gasteiger partial charge is 0.268 e. The average molecular weight is 305 g/mol. The summed E-state index contributed by atoms with van der Waals surface area (Å²) in [6, 6.07) is 17.8. The fraction of sp³-hybridized carbons (Fsp3) is 0.0714. The Bertz CT molecular complexity index is 702. The van der Waals surface area contributed by atoms with Gasteiger partial charge in [0.05, 0.1) is 16.6 Å². The molecule has 3 aromatic rings. The van der Waals surface area contributed by atoms with Crippen LogP contribution in [0.3, 0.4) is 0 Å². The van der Waals surface area contributed by atoms with E-state index in [0.717, 1.165) is 15.6 Å². The van der Waals surface area contributed by atoms with Crippen molar-refractivity contribution in [2.45, 2.75) is 6.54 Å². The normalized spacial score (nSPS) is 10.2. The molecule has 2 nitrogen and oxygen atoms in total. The minimum Gasteiger partial charge on any atom is -0.268 e. The summed E-state index contributed by atoms with van der Waals surface area (Å²) in [5.41, 5.74) is 1.26. The van der Waals surface area contributed by atoms with Gasteiger partial charge >= 0.3 is 17.1 Å². The van der Waals surface area contributed by atoms with E-state index in [9.17, 15) is 4.79 Å². The maximum absolute atomic E-state index is 12.1. The van der Waals surface area contributed by atoms with Gasteiger partial charge < -0.3 is 0 Å². The van der Waals surface area contributed by atoms with Gasteiger partial charge in [-0.1, -0.05) is 54.0 Å². The van der Waals surface area contributed by atoms with Crippen LogP contribution in [0.2, 0.25) is 0 Å². The molecule has 0 saturated heterocycles. The molecule has 0 unspecified atom stereocenters. The molecule has 0 N–H and O–H groups in total. The molecule has 2 aromatic carbocycles. The molecule has 0 aliphatic rings. The van der Waals surface area contributed by atoms with E-state index in [1.165, 1.54) is 11.5 Å². The molecule has 0 bridgehead atoms. The number of rotatable bonds is 2. The van der Waals surface area contributed by atoms with Crippen molar-refractivity contribution in [1.82, 2.24) is 3.96 Å². The zero-order chi connectivity index (χ0) is 11.7. The van der Waals surface area contributed by atoms with Gasteiger partial charge in [0.2, 0.25) is 0 Å². The van der Waals surface area contributed by atoms with Crippen molar-refractivity contribution in [3.05, 3.63) is 70.5 Å². The minimum atomic E-state index is 0. The van der Waals surface area contributed by atoms with Gasteiger partial charge in [0.25, 0.3) is 5.56 Å². The Morgan fingerprint density at radius 2 is 1.61 bits per heavy atom. The molecular weight excluding hydrogens is 294 g/mol. The van der Waals surface area contributed by atoms with Crippen LogP contribution >= 0.6 is 11.5 Å². The zero-order valence-electron chi connectivity index (χ0n) is 9.47. The van der Waals surface area contributed by atoms with Gasteiger partial charge in [0, 0.05) is 0 Å². The number of hydrogen-bond acceptors (Lipinski definition) is 2. The van der Waals surface area contributed by atoms with Crippen molar-refractivity contribution >= 4 is 21.6 Å². The average Bonchev–Trinajstić information content (AvgIpc) is 2.68. The van der Waals surface area contributed by atoms with Gasteiger partial charge in [-0.3, -0.25) is 8.75 Å². The van der Waals surface area contributed by atoms with E-state index in [1.807, 2.05) is 54.6 Å². The summed E-state index contributed by atoms with van der Waals surface area (Å²) in [5, 5.41) is 0.813. The SMILES string of the molecule is O=c1c2ccccc2sn1Cc1ccccc1.[Cu+]. The van der Waals surface area contributed by atoms with Crippen molar-refractivity contribution in [2.75, 3.05) is 0 Å². The van der Waals surface area contributed by atoms with Gasteiger partial charge in [0.1, 0.15) is 0 Å². The predicted octanol–water partition coefficient (Wildman–Crippen LogP) is 3.11. The van der Waals surface area contributed by atoms with Gasteiger partial charge in [-0.2, -0.15) is 0 Å². The van der Waals surface area contributed by atoms with Crippen LogP contribution in [0.25, 0.3) is 10.1 Å². The van der Waals surface area contributed by atoms with E-state index in [0.29, 0.717) is 6.54 Å². The molecule has 0 aliphatic heterocycles. The molecule has 94 valence electrons. The van der Waals surface area contributed by atoms with Crippen molar-refractivity contribution in [3.8, 4) is 0 Å². The van der Waals surface area contributed by atoms with Crippen molar-refractivity contribution < 1.29 is 17.1 Å². The molecule has 1 heterocycles. The molecule has 0 radical (unpaired) electrons. The Morgan fingerprint density at radius 3 is 2.33 bits per heavy atom. The number of benzene rings is 2. The largest absolute Gasteiger partial charge is 1.00 e. The van der Waals surface area contributed by atoms with Crippen LogP contribution in [0, 0.1) is 0 Å². The van der Waals surface area contributed by atoms with Crippen LogP contribution in [-0.2, 0) is 23.6 Å². The third-order valence-electron chi connectivity index (χ3n) is 2.72. The fourth-order valence-electron chi connectivity index (χ4n) is 1.87. The molecule has 0 fully saturated rings. The van der Waals surface area contributed by atoms with Gasteiger partial charge in [-0.25, -0.2) is 0 Å². The van der Waals surface area contributed by atoms with E-state index in [1.54, 1.807) is 3.96 Å². The summed E-state index contributed by atoms with van der Waals surface area (Å²) in [5.74, 6) is 0. The molecule has 0 amide bonds. The second-order valence-corrected chi connectivity index (χ2v) is 4.98. The maximum Gasteiger partial charge on any atom is 1.00 e. The summed E-state index contributed by atoms with van der Waals surface area (Å²) < 4.78 is 2.86. The molecule has 0 atom stereocenters. The van der Waals surface area contributed by atoms with Crippen molar-refractivity contribution in [2.24, 2.45) is 0 Å². The molecule has 4 heteroatoms. The van der Waals surface area contributed by atoms with Crippen LogP contribution in [0.15, 0.2) is 59.4 Å². The van der Waals surface area contributed by atoms with E-state index in [4.69, 9.17) is 0 Å². The van der Waals surface area contributed by atoms with E-state index in [2.05, 4.69) is 0 Å². The first kappa shape index (κ1) is 13.1. The van der Waals surface area contributed by atoms with E-state index >= 15 is 0 Å². The maximum atomic E-state index is 12.1. The monoisotopic (exact) mass is 304 g/mol. The van der Waals surface area contributed by atoms with Gasteiger partial charge in [-0.15, -0.1) is 0 Å². The number of hydrogen-bond donors (Lipinski definition) is 0. The molecule has 18 heavy (non-hydrogen) atoms. The Kier molecular flexibility index (Phi) is 4.02. The Labute approximate surface area is 120 Å². The summed E-state index contributed by atoms with van der Waals surface area (Å²) in [7, 11) is 0. The van der Waals surface area contributed by atoms with E-state index in [-0.39, 0.29) is 22.6 Å². The summed E-state index contributed by atoms with van der Waals surface area (Å²) in [4.78, 5) is 12.1. The number of aromatic nitrogens is 1. The first-order valence-corrected chi connectivity index (χ1v) is 6.25. The third kappa shape index (κ3) is 2.41. The molecular formula is C14H11CuNOS+. The summed E-state index contributed by atoms with van der Waals surface area (Å²) >= 11 is 1.52. The molecule has 3 rings (SSSR count). The Balaban J connectivity index is 0.00000120. The second-order valence-electron chi connectivity index (χ2n) is 3.91. The summed E-state index contributed by atoms with van der Waals surface area (Å²) in [6.45, 7) is 0.652. The molecule has 0 saturated carbocycles. The number of fused-ring (bicyclic) bond motifs is 1. The van der Waals surface area contributed by atoms with Crippen LogP contribution in [0.1, 0.15) is 5.56 Å². The van der Waals surface area contributed by atoms with Crippen molar-refractivity contribution in [1.29, 1.82) is 0 Å². The quantitative estimate of drug-likeness (QED) is 0.667. The standard InChI is InChI=1S/C14H11NOS.Cu/c16-14-12-8-4-5-9-13(12)17-15(14)10-11-6-2-1-3-7-11;/h1-9H,10H2;/q;+1. The van der Waals surface area contributed by atoms with Crippen LogP contribution in [0.5, 0.6) is 0 Å². The first-order valence-electron chi connectivity index (χ1n) is 5.47. The Hall–Kier alpha value is -1.35. The number of nitrogens with zero attached hydrogens (tertiary/aromatic N) is 1. The molecule has 1 aromatic heterocycles. The van der Waals surface area contributed by atoms with Crippen LogP contribution < -0.4 is 5.56 Å². The third-order valence-corrected chi connectivity index (χ3v) is 3.79. The summed E-state index contributed by atoms with van der Waals surface area (Å²) in [6.07, 6.45) is 0. The van der Waals surface area contributed by atoms with Crippen LogP contribution in [0.4, 0.5) is 0 Å². The van der Waals surface area contributed by atoms with Gasteiger partial charge in [-0.05, 0) is 17.7 Å². The topological polar surface area (TPSA) is 22.0 Å². The van der Waals surface area contributed by atoms with Gasteiger partial charge in [0.15, 0.2) is 0 Å².